The maximum Gasteiger partial charge on any atom is 0.406 e. The molecular formula is C11H12F4N2O2. The lowest BCUT2D eigenvalue weighted by atomic mass is 10.1. The number of benzene rings is 1. The van der Waals surface area contributed by atoms with E-state index in [1.54, 1.807) is 0 Å². The molecule has 1 amide bonds. The van der Waals surface area contributed by atoms with E-state index in [0.717, 1.165) is 12.1 Å². The number of alkyl halides is 3. The van der Waals surface area contributed by atoms with Crippen LogP contribution in [0.15, 0.2) is 18.2 Å². The van der Waals surface area contributed by atoms with Gasteiger partial charge in [-0.05, 0) is 18.2 Å². The second-order valence-corrected chi connectivity index (χ2v) is 3.79. The van der Waals surface area contributed by atoms with Gasteiger partial charge in [0.2, 0.25) is 0 Å². The molecule has 1 rings (SSSR count). The molecule has 0 saturated heterocycles. The third-order valence-electron chi connectivity index (χ3n) is 2.25. The van der Waals surface area contributed by atoms with Crippen molar-refractivity contribution in [3.05, 3.63) is 29.6 Å². The van der Waals surface area contributed by atoms with Crippen LogP contribution in [0.1, 0.15) is 10.4 Å². The Morgan fingerprint density at radius 2 is 2.00 bits per heavy atom. The lowest BCUT2D eigenvalue weighted by molar-refractivity contribution is -0.140. The zero-order chi connectivity index (χ0) is 14.6. The van der Waals surface area contributed by atoms with Crippen LogP contribution in [0.25, 0.3) is 0 Å². The normalized spacial score (nSPS) is 11.4. The average Bonchev–Trinajstić information content (AvgIpc) is 2.29. The first kappa shape index (κ1) is 15.2. The van der Waals surface area contributed by atoms with E-state index in [-0.39, 0.29) is 13.1 Å². The molecule has 0 unspecified atom stereocenters. The monoisotopic (exact) mass is 280 g/mol. The summed E-state index contributed by atoms with van der Waals surface area (Å²) < 4.78 is 49.9. The second kappa shape index (κ2) is 5.87. The van der Waals surface area contributed by atoms with Crippen LogP contribution in [0.5, 0.6) is 5.75 Å². The lowest BCUT2D eigenvalue weighted by Crippen LogP contribution is -2.41. The molecule has 0 aliphatic rings. The largest absolute Gasteiger partial charge is 0.507 e. The maximum atomic E-state index is 13.0. The minimum atomic E-state index is -4.60. The number of hydrogen-bond donors (Lipinski definition) is 2. The van der Waals surface area contributed by atoms with E-state index in [2.05, 4.69) is 0 Å². The fourth-order valence-electron chi connectivity index (χ4n) is 1.47. The van der Waals surface area contributed by atoms with Gasteiger partial charge in [-0.25, -0.2) is 4.39 Å². The van der Waals surface area contributed by atoms with Gasteiger partial charge in [0.15, 0.2) is 0 Å². The molecule has 1 aromatic rings. The van der Waals surface area contributed by atoms with Crippen molar-refractivity contribution in [2.24, 2.45) is 5.73 Å². The molecular weight excluding hydrogens is 268 g/mol. The van der Waals surface area contributed by atoms with Gasteiger partial charge in [-0.3, -0.25) is 4.79 Å². The summed E-state index contributed by atoms with van der Waals surface area (Å²) in [6.07, 6.45) is -4.60. The van der Waals surface area contributed by atoms with E-state index < -0.39 is 35.8 Å². The van der Waals surface area contributed by atoms with E-state index in [1.165, 1.54) is 0 Å². The molecule has 0 heterocycles. The Morgan fingerprint density at radius 1 is 1.37 bits per heavy atom. The first-order chi connectivity index (χ1) is 8.74. The van der Waals surface area contributed by atoms with Crippen molar-refractivity contribution in [3.63, 3.8) is 0 Å². The van der Waals surface area contributed by atoms with Gasteiger partial charge in [0.1, 0.15) is 18.1 Å². The van der Waals surface area contributed by atoms with Crippen LogP contribution in [0, 0.1) is 5.82 Å². The van der Waals surface area contributed by atoms with Gasteiger partial charge in [0.25, 0.3) is 5.91 Å². The molecule has 106 valence electrons. The van der Waals surface area contributed by atoms with E-state index in [1.807, 2.05) is 0 Å². The van der Waals surface area contributed by atoms with Gasteiger partial charge in [0.05, 0.1) is 5.56 Å². The Bertz CT molecular complexity index is 462. The molecule has 0 atom stereocenters. The molecule has 1 aromatic carbocycles. The standard InChI is InChI=1S/C11H12F4N2O2/c12-7-1-2-9(18)8(5-7)10(19)17(4-3-16)6-11(13,14)15/h1-2,5,18H,3-4,6,16H2. The molecule has 0 radical (unpaired) electrons. The molecule has 0 fully saturated rings. The first-order valence-electron chi connectivity index (χ1n) is 5.29. The smallest absolute Gasteiger partial charge is 0.406 e. The fraction of sp³-hybridized carbons (Fsp3) is 0.364. The Kier molecular flexibility index (Phi) is 4.71. The van der Waals surface area contributed by atoms with Gasteiger partial charge in [-0.1, -0.05) is 0 Å². The molecule has 0 aliphatic carbocycles. The van der Waals surface area contributed by atoms with Crippen LogP contribution in [0.2, 0.25) is 0 Å². The highest BCUT2D eigenvalue weighted by Crippen LogP contribution is 2.22. The summed E-state index contributed by atoms with van der Waals surface area (Å²) >= 11 is 0. The number of nitrogens with two attached hydrogens (primary N) is 1. The molecule has 19 heavy (non-hydrogen) atoms. The van der Waals surface area contributed by atoms with Crippen molar-refractivity contribution in [3.8, 4) is 5.75 Å². The summed E-state index contributed by atoms with van der Waals surface area (Å²) in [5, 5.41) is 9.39. The number of amides is 1. The minimum absolute atomic E-state index is 0.183. The number of nitrogens with zero attached hydrogens (tertiary/aromatic N) is 1. The van der Waals surface area contributed by atoms with E-state index in [9.17, 15) is 27.5 Å². The number of phenols is 1. The van der Waals surface area contributed by atoms with Gasteiger partial charge in [0, 0.05) is 13.1 Å². The number of carbonyl (C=O) groups is 1. The third-order valence-corrected chi connectivity index (χ3v) is 2.25. The average molecular weight is 280 g/mol. The van der Waals surface area contributed by atoms with Crippen LogP contribution < -0.4 is 5.73 Å². The van der Waals surface area contributed by atoms with Crippen molar-refractivity contribution in [1.29, 1.82) is 0 Å². The number of halogens is 4. The third kappa shape index (κ3) is 4.40. The lowest BCUT2D eigenvalue weighted by Gasteiger charge is -2.23. The number of aromatic hydroxyl groups is 1. The van der Waals surface area contributed by atoms with Crippen LogP contribution in [0.3, 0.4) is 0 Å². The first-order valence-corrected chi connectivity index (χ1v) is 5.29. The van der Waals surface area contributed by atoms with Crippen LogP contribution in [0.4, 0.5) is 17.6 Å². The zero-order valence-corrected chi connectivity index (χ0v) is 9.75. The topological polar surface area (TPSA) is 66.6 Å². The number of carbonyl (C=O) groups excluding carboxylic acids is 1. The van der Waals surface area contributed by atoms with E-state index in [0.29, 0.717) is 11.0 Å². The van der Waals surface area contributed by atoms with Crippen LogP contribution >= 0.6 is 0 Å². The van der Waals surface area contributed by atoms with E-state index in [4.69, 9.17) is 5.73 Å². The Morgan fingerprint density at radius 3 is 2.53 bits per heavy atom. The van der Waals surface area contributed by atoms with Crippen molar-refractivity contribution in [2.45, 2.75) is 6.18 Å². The number of hydrogen-bond acceptors (Lipinski definition) is 3. The van der Waals surface area contributed by atoms with Crippen molar-refractivity contribution in [1.82, 2.24) is 4.90 Å². The highest BCUT2D eigenvalue weighted by atomic mass is 19.4. The summed E-state index contributed by atoms with van der Waals surface area (Å²) in [5.41, 5.74) is 4.60. The minimum Gasteiger partial charge on any atom is -0.507 e. The van der Waals surface area contributed by atoms with Crippen LogP contribution in [-0.4, -0.2) is 41.7 Å². The predicted molar refractivity (Wildman–Crippen MR) is 59.1 cm³/mol. The van der Waals surface area contributed by atoms with Gasteiger partial charge in [-0.2, -0.15) is 13.2 Å². The number of phenolic OH excluding ortho intramolecular Hbond substituents is 1. The van der Waals surface area contributed by atoms with E-state index >= 15 is 0 Å². The molecule has 8 heteroatoms. The number of rotatable bonds is 4. The van der Waals surface area contributed by atoms with Crippen molar-refractivity contribution >= 4 is 5.91 Å². The van der Waals surface area contributed by atoms with Crippen LogP contribution in [-0.2, 0) is 0 Å². The second-order valence-electron chi connectivity index (χ2n) is 3.79. The quantitative estimate of drug-likeness (QED) is 0.821. The Balaban J connectivity index is 3.02. The highest BCUT2D eigenvalue weighted by Gasteiger charge is 2.33. The summed E-state index contributed by atoms with van der Waals surface area (Å²) in [4.78, 5) is 12.2. The molecule has 0 aliphatic heterocycles. The molecule has 0 saturated carbocycles. The molecule has 0 bridgehead atoms. The summed E-state index contributed by atoms with van der Waals surface area (Å²) in [5.74, 6) is -2.55. The maximum absolute atomic E-state index is 13.0. The summed E-state index contributed by atoms with van der Waals surface area (Å²) in [7, 11) is 0. The van der Waals surface area contributed by atoms with Gasteiger partial charge < -0.3 is 15.7 Å². The summed E-state index contributed by atoms with van der Waals surface area (Å²) in [6, 6.07) is 2.47. The molecule has 0 spiro atoms. The predicted octanol–water partition coefficient (Wildman–Crippen LogP) is 1.49. The fourth-order valence-corrected chi connectivity index (χ4v) is 1.47. The summed E-state index contributed by atoms with van der Waals surface area (Å²) in [6.45, 7) is -2.05. The van der Waals surface area contributed by atoms with Crippen molar-refractivity contribution < 1.29 is 27.5 Å². The SMILES string of the molecule is NCCN(CC(F)(F)F)C(=O)c1cc(F)ccc1O. The van der Waals surface area contributed by atoms with Gasteiger partial charge in [-0.15, -0.1) is 0 Å². The van der Waals surface area contributed by atoms with Gasteiger partial charge >= 0.3 is 6.18 Å². The Labute approximate surface area is 106 Å². The van der Waals surface area contributed by atoms with Crippen molar-refractivity contribution in [2.75, 3.05) is 19.6 Å². The zero-order valence-electron chi connectivity index (χ0n) is 9.75. The molecule has 0 aromatic heterocycles. The molecule has 3 N–H and O–H groups in total. The highest BCUT2D eigenvalue weighted by molar-refractivity contribution is 5.96. The molecule has 4 nitrogen and oxygen atoms in total. The Hall–Kier alpha value is -1.83.